The summed E-state index contributed by atoms with van der Waals surface area (Å²) in [7, 11) is 0. The van der Waals surface area contributed by atoms with Gasteiger partial charge in [-0.05, 0) is 0 Å². The van der Waals surface area contributed by atoms with Crippen LogP contribution in [-0.4, -0.2) is 20.2 Å². The molecule has 78 valence electrons. The van der Waals surface area contributed by atoms with E-state index in [1.807, 2.05) is 0 Å². The van der Waals surface area contributed by atoms with Gasteiger partial charge in [0, 0.05) is 24.4 Å². The Morgan fingerprint density at radius 2 is 2.20 bits per heavy atom. The Bertz CT molecular complexity index is 416. The van der Waals surface area contributed by atoms with Gasteiger partial charge in [-0.3, -0.25) is 5.10 Å². The number of rotatable bonds is 3. The molecule has 2 aromatic heterocycles. The van der Waals surface area contributed by atoms with Gasteiger partial charge >= 0.3 is 0 Å². The van der Waals surface area contributed by atoms with E-state index in [0.717, 1.165) is 5.56 Å². The van der Waals surface area contributed by atoms with E-state index in [9.17, 15) is 0 Å². The first-order chi connectivity index (χ1) is 7.24. The lowest BCUT2D eigenvalue weighted by atomic mass is 10.3. The Hall–Kier alpha value is -2.31. The molecule has 0 spiro atoms. The molecule has 2 heterocycles. The maximum atomic E-state index is 5.52. The Kier molecular flexibility index (Phi) is 2.36. The smallest absolute Gasteiger partial charge is 0.223 e. The van der Waals surface area contributed by atoms with E-state index in [1.54, 1.807) is 18.5 Å². The summed E-state index contributed by atoms with van der Waals surface area (Å²) >= 11 is 0. The number of nitrogens with zero attached hydrogens (tertiary/aromatic N) is 3. The van der Waals surface area contributed by atoms with Gasteiger partial charge in [-0.25, -0.2) is 0 Å². The Balaban J connectivity index is 2.05. The number of nitrogens with two attached hydrogens (primary N) is 2. The van der Waals surface area contributed by atoms with Gasteiger partial charge in [0.2, 0.25) is 5.95 Å². The fourth-order valence-electron chi connectivity index (χ4n) is 1.14. The van der Waals surface area contributed by atoms with Crippen LogP contribution in [0, 0.1) is 0 Å². The summed E-state index contributed by atoms with van der Waals surface area (Å²) in [6.07, 6.45) is 3.52. The van der Waals surface area contributed by atoms with Crippen molar-refractivity contribution in [3.05, 3.63) is 24.0 Å². The van der Waals surface area contributed by atoms with Crippen LogP contribution in [-0.2, 0) is 6.54 Å². The molecule has 0 fully saturated rings. The number of nitrogens with one attached hydrogen (secondary N) is 2. The number of hydrogen-bond donors (Lipinski definition) is 4. The highest BCUT2D eigenvalue weighted by atomic mass is 15.1. The third kappa shape index (κ3) is 2.33. The van der Waals surface area contributed by atoms with E-state index >= 15 is 0 Å². The zero-order valence-electron chi connectivity index (χ0n) is 7.94. The van der Waals surface area contributed by atoms with Crippen LogP contribution in [0.2, 0.25) is 0 Å². The van der Waals surface area contributed by atoms with Gasteiger partial charge in [0.25, 0.3) is 0 Å². The van der Waals surface area contributed by atoms with Crippen LogP contribution in [0.5, 0.6) is 0 Å². The summed E-state index contributed by atoms with van der Waals surface area (Å²) in [5.74, 6) is 1.10. The van der Waals surface area contributed by atoms with Crippen molar-refractivity contribution >= 4 is 17.6 Å². The van der Waals surface area contributed by atoms with E-state index in [4.69, 9.17) is 11.5 Å². The molecule has 0 aliphatic carbocycles. The second-order valence-electron chi connectivity index (χ2n) is 3.00. The number of anilines is 3. The van der Waals surface area contributed by atoms with Crippen LogP contribution in [0.15, 0.2) is 18.5 Å². The number of aromatic nitrogens is 4. The fraction of sp³-hybridized carbons (Fsp3) is 0.125. The van der Waals surface area contributed by atoms with Crippen LogP contribution in [0.4, 0.5) is 17.6 Å². The number of hydrogen-bond acceptors (Lipinski definition) is 6. The Morgan fingerprint density at radius 3 is 2.87 bits per heavy atom. The highest BCUT2D eigenvalue weighted by molar-refractivity contribution is 5.48. The quantitative estimate of drug-likeness (QED) is 0.559. The van der Waals surface area contributed by atoms with E-state index < -0.39 is 0 Å². The fourth-order valence-corrected chi connectivity index (χ4v) is 1.14. The first kappa shape index (κ1) is 9.25. The van der Waals surface area contributed by atoms with Gasteiger partial charge in [0.05, 0.1) is 6.20 Å². The van der Waals surface area contributed by atoms with Crippen molar-refractivity contribution in [1.29, 1.82) is 0 Å². The molecule has 0 aliphatic rings. The van der Waals surface area contributed by atoms with E-state index in [1.165, 1.54) is 0 Å². The minimum Gasteiger partial charge on any atom is -0.383 e. The lowest BCUT2D eigenvalue weighted by molar-refractivity contribution is 1.09. The largest absolute Gasteiger partial charge is 0.383 e. The predicted octanol–water partition coefficient (Wildman–Crippen LogP) is -0.0238. The number of nitrogen functional groups attached to an aromatic ring is 2. The van der Waals surface area contributed by atoms with Crippen LogP contribution in [0.3, 0.4) is 0 Å². The maximum Gasteiger partial charge on any atom is 0.223 e. The summed E-state index contributed by atoms with van der Waals surface area (Å²) in [6, 6.07) is 1.62. The van der Waals surface area contributed by atoms with Crippen molar-refractivity contribution < 1.29 is 0 Å². The third-order valence-corrected chi connectivity index (χ3v) is 1.79. The minimum absolute atomic E-state index is 0.157. The van der Waals surface area contributed by atoms with Gasteiger partial charge in [-0.15, -0.1) is 0 Å². The van der Waals surface area contributed by atoms with Crippen molar-refractivity contribution in [3.63, 3.8) is 0 Å². The normalized spacial score (nSPS) is 10.1. The average molecular weight is 205 g/mol. The standard InChI is InChI=1S/C8H11N7/c9-6-1-7(15-8(10)14-6)11-2-5-3-12-13-4-5/h1,3-4H,2H2,(H,12,13)(H5,9,10,11,14,15). The van der Waals surface area contributed by atoms with Crippen LogP contribution in [0.25, 0.3) is 0 Å². The first-order valence-corrected chi connectivity index (χ1v) is 4.35. The number of H-pyrrole nitrogens is 1. The first-order valence-electron chi connectivity index (χ1n) is 4.35. The zero-order valence-corrected chi connectivity index (χ0v) is 7.94. The van der Waals surface area contributed by atoms with Gasteiger partial charge in [0.15, 0.2) is 0 Å². The van der Waals surface area contributed by atoms with Crippen LogP contribution in [0.1, 0.15) is 5.56 Å². The van der Waals surface area contributed by atoms with Crippen molar-refractivity contribution in [2.24, 2.45) is 0 Å². The average Bonchev–Trinajstić information content (AvgIpc) is 2.65. The van der Waals surface area contributed by atoms with Gasteiger partial charge < -0.3 is 16.8 Å². The summed E-state index contributed by atoms with van der Waals surface area (Å²) in [4.78, 5) is 7.74. The van der Waals surface area contributed by atoms with Crippen molar-refractivity contribution in [2.45, 2.75) is 6.54 Å². The molecule has 2 aromatic rings. The van der Waals surface area contributed by atoms with E-state index in [0.29, 0.717) is 18.2 Å². The summed E-state index contributed by atoms with van der Waals surface area (Å²) in [5.41, 5.74) is 12.0. The third-order valence-electron chi connectivity index (χ3n) is 1.79. The molecule has 7 nitrogen and oxygen atoms in total. The van der Waals surface area contributed by atoms with Gasteiger partial charge in [0.1, 0.15) is 11.6 Å². The Morgan fingerprint density at radius 1 is 1.33 bits per heavy atom. The molecule has 0 saturated carbocycles. The van der Waals surface area contributed by atoms with Crippen molar-refractivity contribution in [3.8, 4) is 0 Å². The lowest BCUT2D eigenvalue weighted by Crippen LogP contribution is -2.05. The van der Waals surface area contributed by atoms with Gasteiger partial charge in [-0.2, -0.15) is 15.1 Å². The zero-order chi connectivity index (χ0) is 10.7. The SMILES string of the molecule is Nc1cc(NCc2cn[nH]c2)nc(N)n1. The van der Waals surface area contributed by atoms with Crippen LogP contribution >= 0.6 is 0 Å². The minimum atomic E-state index is 0.157. The molecule has 0 saturated heterocycles. The predicted molar refractivity (Wildman–Crippen MR) is 56.8 cm³/mol. The number of aromatic amines is 1. The molecule has 6 N–H and O–H groups in total. The van der Waals surface area contributed by atoms with Gasteiger partial charge in [-0.1, -0.05) is 0 Å². The monoisotopic (exact) mass is 205 g/mol. The Labute approximate surface area is 85.9 Å². The molecule has 0 unspecified atom stereocenters. The molecule has 0 radical (unpaired) electrons. The molecule has 2 rings (SSSR count). The summed E-state index contributed by atoms with van der Waals surface area (Å²) in [5, 5.41) is 9.60. The van der Waals surface area contributed by atoms with E-state index in [-0.39, 0.29) is 5.95 Å². The molecule has 0 aromatic carbocycles. The molecule has 0 amide bonds. The molecule has 0 aliphatic heterocycles. The molecule has 15 heavy (non-hydrogen) atoms. The summed E-state index contributed by atoms with van der Waals surface area (Å²) in [6.45, 7) is 0.604. The molecule has 7 heteroatoms. The van der Waals surface area contributed by atoms with Crippen LogP contribution < -0.4 is 16.8 Å². The molecular weight excluding hydrogens is 194 g/mol. The summed E-state index contributed by atoms with van der Waals surface area (Å²) < 4.78 is 0. The molecule has 0 atom stereocenters. The second-order valence-corrected chi connectivity index (χ2v) is 3.00. The topological polar surface area (TPSA) is 119 Å². The van der Waals surface area contributed by atoms with Crippen molar-refractivity contribution in [1.82, 2.24) is 20.2 Å². The molecule has 0 bridgehead atoms. The highest BCUT2D eigenvalue weighted by Crippen LogP contribution is 2.10. The molecular formula is C8H11N7. The maximum absolute atomic E-state index is 5.52. The van der Waals surface area contributed by atoms with Crippen molar-refractivity contribution in [2.75, 3.05) is 16.8 Å². The second kappa shape index (κ2) is 3.82. The lowest BCUT2D eigenvalue weighted by Gasteiger charge is -2.04. The highest BCUT2D eigenvalue weighted by Gasteiger charge is 1.99. The van der Waals surface area contributed by atoms with E-state index in [2.05, 4.69) is 25.5 Å².